The maximum atomic E-state index is 12.4. The number of fused-ring (bicyclic) bond motifs is 1. The minimum Gasteiger partial charge on any atom is -0.442 e. The summed E-state index contributed by atoms with van der Waals surface area (Å²) in [5.74, 6) is 0. The van der Waals surface area contributed by atoms with Crippen LogP contribution >= 0.6 is 22.9 Å². The second-order valence-electron chi connectivity index (χ2n) is 7.74. The van der Waals surface area contributed by atoms with Crippen molar-refractivity contribution < 1.29 is 14.5 Å². The Morgan fingerprint density at radius 3 is 2.75 bits per heavy atom. The minimum atomic E-state index is -0.657. The predicted molar refractivity (Wildman–Crippen MR) is 122 cm³/mol. The molecule has 4 aromatic rings. The molecule has 0 saturated carbocycles. The monoisotopic (exact) mass is 472 g/mol. The fourth-order valence-electron chi connectivity index (χ4n) is 2.87. The van der Waals surface area contributed by atoms with Gasteiger partial charge in [0, 0.05) is 23.1 Å². The van der Waals surface area contributed by atoms with Gasteiger partial charge in [0.25, 0.3) is 5.69 Å². The summed E-state index contributed by atoms with van der Waals surface area (Å²) >= 11 is 7.76. The lowest BCUT2D eigenvalue weighted by Gasteiger charge is -2.19. The molecule has 2 aromatic heterocycles. The van der Waals surface area contributed by atoms with Crippen molar-refractivity contribution in [1.82, 2.24) is 20.0 Å². The van der Waals surface area contributed by atoms with Crippen molar-refractivity contribution in [3.8, 4) is 10.6 Å². The number of rotatable bonds is 4. The molecule has 0 aliphatic heterocycles. The lowest BCUT2D eigenvalue weighted by molar-refractivity contribution is -0.384. The number of nitrogens with zero attached hydrogens (tertiary/aromatic N) is 5. The van der Waals surface area contributed by atoms with Crippen molar-refractivity contribution in [2.24, 2.45) is 0 Å². The number of carbonyl (C=O) groups is 1. The number of hydrogen-bond acceptors (Lipinski definition) is 9. The van der Waals surface area contributed by atoms with E-state index in [1.807, 2.05) is 0 Å². The van der Waals surface area contributed by atoms with Crippen molar-refractivity contribution in [1.29, 1.82) is 0 Å². The standard InChI is InChI=1S/C20H17ClN6O4S/c1-20(2,3)31-19(28)26-15-8-7-14(16(21)13(15)10-22-26)23-18-25-24-17(32-18)11-5-4-6-12(9-11)27(29)30/h4-10H,1-3H3,(H,23,25). The number of aromatic nitrogens is 4. The van der Waals surface area contributed by atoms with Crippen molar-refractivity contribution in [2.75, 3.05) is 5.32 Å². The molecule has 0 fully saturated rings. The number of nitro benzene ring substituents is 1. The van der Waals surface area contributed by atoms with Gasteiger partial charge in [-0.3, -0.25) is 10.1 Å². The molecule has 0 spiro atoms. The fraction of sp³-hybridized carbons (Fsp3) is 0.200. The average molecular weight is 473 g/mol. The molecule has 4 rings (SSSR count). The van der Waals surface area contributed by atoms with Crippen LogP contribution in [0.3, 0.4) is 0 Å². The fourth-order valence-corrected chi connectivity index (χ4v) is 3.88. The summed E-state index contributed by atoms with van der Waals surface area (Å²) in [6.45, 7) is 5.32. The Morgan fingerprint density at radius 1 is 1.25 bits per heavy atom. The number of carbonyl (C=O) groups excluding carboxylic acids is 1. The van der Waals surface area contributed by atoms with Crippen LogP contribution in [0.1, 0.15) is 20.8 Å². The summed E-state index contributed by atoms with van der Waals surface area (Å²) in [5.41, 5.74) is 0.955. The number of non-ortho nitro benzene ring substituents is 1. The van der Waals surface area contributed by atoms with Crippen molar-refractivity contribution in [3.05, 3.63) is 57.7 Å². The molecule has 10 nitrogen and oxygen atoms in total. The Labute approximate surface area is 190 Å². The first-order chi connectivity index (χ1) is 15.1. The van der Waals surface area contributed by atoms with E-state index in [1.165, 1.54) is 29.7 Å². The van der Waals surface area contributed by atoms with Gasteiger partial charge >= 0.3 is 6.09 Å². The van der Waals surface area contributed by atoms with E-state index >= 15 is 0 Å². The topological polar surface area (TPSA) is 125 Å². The molecule has 12 heteroatoms. The Kier molecular flexibility index (Phi) is 5.53. The molecule has 0 atom stereocenters. The number of anilines is 2. The highest BCUT2D eigenvalue weighted by Crippen LogP contribution is 2.35. The van der Waals surface area contributed by atoms with Gasteiger partial charge < -0.3 is 10.1 Å². The van der Waals surface area contributed by atoms with Gasteiger partial charge in [0.2, 0.25) is 5.13 Å². The highest BCUT2D eigenvalue weighted by atomic mass is 35.5. The molecule has 0 amide bonds. The Hall–Kier alpha value is -3.57. The van der Waals surface area contributed by atoms with E-state index in [0.29, 0.717) is 37.3 Å². The van der Waals surface area contributed by atoms with Gasteiger partial charge in [0.15, 0.2) is 0 Å². The van der Waals surface area contributed by atoms with Crippen LogP contribution in [0.2, 0.25) is 5.02 Å². The number of nitrogens with one attached hydrogen (secondary N) is 1. The third kappa shape index (κ3) is 4.39. The minimum absolute atomic E-state index is 0.0253. The van der Waals surface area contributed by atoms with Crippen LogP contribution in [-0.2, 0) is 4.74 Å². The first-order valence-electron chi connectivity index (χ1n) is 9.37. The van der Waals surface area contributed by atoms with E-state index in [1.54, 1.807) is 45.0 Å². The summed E-state index contributed by atoms with van der Waals surface area (Å²) in [6.07, 6.45) is 0.886. The van der Waals surface area contributed by atoms with Gasteiger partial charge in [-0.1, -0.05) is 35.1 Å². The summed E-state index contributed by atoms with van der Waals surface area (Å²) in [5, 5.41) is 28.3. The Bertz CT molecular complexity index is 1340. The first kappa shape index (κ1) is 21.7. The molecule has 1 N–H and O–H groups in total. The van der Waals surface area contributed by atoms with E-state index in [4.69, 9.17) is 16.3 Å². The van der Waals surface area contributed by atoms with E-state index in [0.717, 1.165) is 4.68 Å². The van der Waals surface area contributed by atoms with E-state index in [-0.39, 0.29) is 5.69 Å². The van der Waals surface area contributed by atoms with E-state index < -0.39 is 16.6 Å². The first-order valence-corrected chi connectivity index (χ1v) is 10.6. The van der Waals surface area contributed by atoms with Crippen LogP contribution in [0.25, 0.3) is 21.5 Å². The zero-order valence-electron chi connectivity index (χ0n) is 17.2. The maximum Gasteiger partial charge on any atom is 0.435 e. The van der Waals surface area contributed by atoms with Gasteiger partial charge in [0.1, 0.15) is 10.6 Å². The van der Waals surface area contributed by atoms with Gasteiger partial charge in [-0.05, 0) is 32.9 Å². The van der Waals surface area contributed by atoms with Crippen LogP contribution in [0.4, 0.5) is 21.3 Å². The largest absolute Gasteiger partial charge is 0.442 e. The summed E-state index contributed by atoms with van der Waals surface area (Å²) in [6, 6.07) is 9.56. The molecule has 0 saturated heterocycles. The van der Waals surface area contributed by atoms with E-state index in [2.05, 4.69) is 20.6 Å². The number of hydrogen-bond donors (Lipinski definition) is 1. The normalized spacial score (nSPS) is 11.5. The zero-order valence-corrected chi connectivity index (χ0v) is 18.8. The third-order valence-electron chi connectivity index (χ3n) is 4.22. The predicted octanol–water partition coefficient (Wildman–Crippen LogP) is 5.64. The molecular weight excluding hydrogens is 456 g/mol. The molecular formula is C20H17ClN6O4S. The second-order valence-corrected chi connectivity index (χ2v) is 9.10. The summed E-state index contributed by atoms with van der Waals surface area (Å²) < 4.78 is 6.52. The Morgan fingerprint density at radius 2 is 2.03 bits per heavy atom. The van der Waals surface area contributed by atoms with Crippen molar-refractivity contribution in [3.63, 3.8) is 0 Å². The van der Waals surface area contributed by atoms with Crippen LogP contribution in [0, 0.1) is 10.1 Å². The lowest BCUT2D eigenvalue weighted by atomic mass is 10.2. The number of ether oxygens (including phenoxy) is 1. The van der Waals surface area contributed by atoms with Crippen LogP contribution in [-0.4, -0.2) is 36.6 Å². The van der Waals surface area contributed by atoms with Crippen molar-refractivity contribution in [2.45, 2.75) is 26.4 Å². The highest BCUT2D eigenvalue weighted by molar-refractivity contribution is 7.18. The molecule has 2 aromatic carbocycles. The maximum absolute atomic E-state index is 12.4. The molecule has 32 heavy (non-hydrogen) atoms. The zero-order chi connectivity index (χ0) is 23.0. The number of benzene rings is 2. The van der Waals surface area contributed by atoms with Crippen LogP contribution in [0.5, 0.6) is 0 Å². The molecule has 0 aliphatic rings. The molecule has 0 aliphatic carbocycles. The third-order valence-corrected chi connectivity index (χ3v) is 5.52. The van der Waals surface area contributed by atoms with Crippen LogP contribution < -0.4 is 5.32 Å². The van der Waals surface area contributed by atoms with Gasteiger partial charge in [-0.25, -0.2) is 4.79 Å². The summed E-state index contributed by atoms with van der Waals surface area (Å²) in [7, 11) is 0. The van der Waals surface area contributed by atoms with Gasteiger partial charge in [0.05, 0.1) is 27.3 Å². The SMILES string of the molecule is CC(C)(C)OC(=O)n1ncc2c(Cl)c(Nc3nnc(-c4cccc([N+](=O)[O-])c4)s3)ccc21. The molecule has 2 heterocycles. The van der Waals surface area contributed by atoms with Crippen LogP contribution in [0.15, 0.2) is 42.6 Å². The lowest BCUT2D eigenvalue weighted by Crippen LogP contribution is -2.27. The smallest absolute Gasteiger partial charge is 0.435 e. The summed E-state index contributed by atoms with van der Waals surface area (Å²) in [4.78, 5) is 22.9. The number of halogens is 1. The molecule has 164 valence electrons. The highest BCUT2D eigenvalue weighted by Gasteiger charge is 2.21. The number of nitro groups is 1. The van der Waals surface area contributed by atoms with Crippen molar-refractivity contribution >= 4 is 56.4 Å². The van der Waals surface area contributed by atoms with Gasteiger partial charge in [-0.15, -0.1) is 10.2 Å². The van der Waals surface area contributed by atoms with Gasteiger partial charge in [-0.2, -0.15) is 9.78 Å². The molecule has 0 bridgehead atoms. The second kappa shape index (κ2) is 8.17. The molecule has 0 unspecified atom stereocenters. The average Bonchev–Trinajstić information content (AvgIpc) is 3.36. The van der Waals surface area contributed by atoms with E-state index in [9.17, 15) is 14.9 Å². The quantitative estimate of drug-likeness (QED) is 0.298. The Balaban J connectivity index is 1.59. The molecule has 0 radical (unpaired) electrons.